The van der Waals surface area contributed by atoms with Crippen LogP contribution in [0.15, 0.2) is 78.0 Å². The Balaban J connectivity index is 1.57. The zero-order valence-electron chi connectivity index (χ0n) is 18.8. The third-order valence-electron chi connectivity index (χ3n) is 5.24. The number of nitrogens with one attached hydrogen (secondary N) is 1. The van der Waals surface area contributed by atoms with Gasteiger partial charge in [0.15, 0.2) is 11.0 Å². The number of amides is 1. The summed E-state index contributed by atoms with van der Waals surface area (Å²) in [6.45, 7) is 4.44. The van der Waals surface area contributed by atoms with Gasteiger partial charge in [-0.1, -0.05) is 54.2 Å². The van der Waals surface area contributed by atoms with Crippen molar-refractivity contribution in [1.29, 1.82) is 0 Å². The molecular weight excluding hydrogens is 450 g/mol. The van der Waals surface area contributed by atoms with Crippen molar-refractivity contribution in [3.05, 3.63) is 99.6 Å². The van der Waals surface area contributed by atoms with Gasteiger partial charge in [-0.15, -0.1) is 10.2 Å². The highest BCUT2D eigenvalue weighted by Gasteiger charge is 2.17. The third kappa shape index (κ3) is 5.49. The van der Waals surface area contributed by atoms with Crippen LogP contribution in [-0.2, 0) is 11.3 Å². The molecule has 0 radical (unpaired) electrons. The van der Waals surface area contributed by atoms with Crippen LogP contribution >= 0.6 is 11.8 Å². The van der Waals surface area contributed by atoms with E-state index in [2.05, 4.69) is 15.5 Å². The number of benzene rings is 3. The van der Waals surface area contributed by atoms with E-state index in [-0.39, 0.29) is 17.3 Å². The number of nitrogens with zero attached hydrogens (tertiary/aromatic N) is 4. The van der Waals surface area contributed by atoms with Crippen molar-refractivity contribution in [3.63, 3.8) is 0 Å². The summed E-state index contributed by atoms with van der Waals surface area (Å²) in [5.41, 5.74) is 4.63. The van der Waals surface area contributed by atoms with E-state index >= 15 is 0 Å². The van der Waals surface area contributed by atoms with Gasteiger partial charge in [0, 0.05) is 23.4 Å². The fourth-order valence-electron chi connectivity index (χ4n) is 3.44. The maximum Gasteiger partial charge on any atom is 0.269 e. The molecule has 8 nitrogen and oxygen atoms in total. The zero-order chi connectivity index (χ0) is 24.1. The van der Waals surface area contributed by atoms with E-state index in [4.69, 9.17) is 0 Å². The van der Waals surface area contributed by atoms with Crippen molar-refractivity contribution in [2.45, 2.75) is 25.5 Å². The molecule has 0 atom stereocenters. The molecule has 0 bridgehead atoms. The molecule has 9 heteroatoms. The van der Waals surface area contributed by atoms with Gasteiger partial charge < -0.3 is 5.32 Å². The van der Waals surface area contributed by atoms with Gasteiger partial charge >= 0.3 is 0 Å². The minimum atomic E-state index is -0.436. The number of carbonyl (C=O) groups excluding carboxylic acids is 1. The number of aromatic nitrogens is 3. The van der Waals surface area contributed by atoms with Crippen LogP contribution in [0.3, 0.4) is 0 Å². The molecular formula is C25H23N5O3S. The van der Waals surface area contributed by atoms with Crippen LogP contribution in [0, 0.1) is 24.0 Å². The van der Waals surface area contributed by atoms with Crippen molar-refractivity contribution in [2.75, 3.05) is 11.1 Å². The molecule has 1 heterocycles. The lowest BCUT2D eigenvalue weighted by Crippen LogP contribution is -2.15. The molecule has 0 aliphatic heterocycles. The molecule has 1 aromatic heterocycles. The number of hydrogen-bond acceptors (Lipinski definition) is 6. The maximum absolute atomic E-state index is 12.6. The van der Waals surface area contributed by atoms with Gasteiger partial charge in [0.25, 0.3) is 5.69 Å². The number of nitro groups is 1. The molecule has 1 N–H and O–H groups in total. The van der Waals surface area contributed by atoms with Gasteiger partial charge in [-0.3, -0.25) is 19.5 Å². The van der Waals surface area contributed by atoms with E-state index in [0.717, 1.165) is 22.4 Å². The Labute approximate surface area is 201 Å². The second kappa shape index (κ2) is 10.3. The van der Waals surface area contributed by atoms with Crippen molar-refractivity contribution >= 4 is 29.0 Å². The van der Waals surface area contributed by atoms with Gasteiger partial charge in [-0.05, 0) is 48.7 Å². The molecule has 0 unspecified atom stereocenters. The molecule has 1 amide bonds. The molecule has 172 valence electrons. The van der Waals surface area contributed by atoms with E-state index in [0.29, 0.717) is 23.1 Å². The number of anilines is 1. The number of rotatable bonds is 8. The Kier molecular flexibility index (Phi) is 7.03. The van der Waals surface area contributed by atoms with Crippen molar-refractivity contribution < 1.29 is 9.72 Å². The standard InChI is InChI=1S/C25H23N5O3S/c1-17-8-9-18(2)22(14-17)26-23(31)16-34-25-28-27-24(20-10-12-21(13-11-20)30(32)33)29(25)15-19-6-4-3-5-7-19/h3-14H,15-16H2,1-2H3,(H,26,31). The first-order chi connectivity index (χ1) is 16.4. The monoisotopic (exact) mass is 473 g/mol. The van der Waals surface area contributed by atoms with Gasteiger partial charge in [0.2, 0.25) is 5.91 Å². The molecule has 0 aliphatic rings. The van der Waals surface area contributed by atoms with Crippen LogP contribution in [-0.4, -0.2) is 31.3 Å². The van der Waals surface area contributed by atoms with Crippen molar-refractivity contribution in [1.82, 2.24) is 14.8 Å². The molecule has 3 aromatic carbocycles. The van der Waals surface area contributed by atoms with Crippen LogP contribution in [0.4, 0.5) is 11.4 Å². The highest BCUT2D eigenvalue weighted by atomic mass is 32.2. The summed E-state index contributed by atoms with van der Waals surface area (Å²) in [5.74, 6) is 0.613. The van der Waals surface area contributed by atoms with Crippen LogP contribution in [0.1, 0.15) is 16.7 Å². The van der Waals surface area contributed by atoms with E-state index in [1.807, 2.05) is 66.9 Å². The quantitative estimate of drug-likeness (QED) is 0.213. The predicted octanol–water partition coefficient (Wildman–Crippen LogP) is 5.25. The number of nitro benzene ring substituents is 1. The summed E-state index contributed by atoms with van der Waals surface area (Å²) >= 11 is 1.30. The third-order valence-corrected chi connectivity index (χ3v) is 6.20. The number of aryl methyl sites for hydroxylation is 2. The summed E-state index contributed by atoms with van der Waals surface area (Å²) < 4.78 is 1.92. The average molecular weight is 474 g/mol. The van der Waals surface area contributed by atoms with Crippen LogP contribution in [0.2, 0.25) is 0 Å². The Morgan fingerprint density at radius 3 is 2.47 bits per heavy atom. The van der Waals surface area contributed by atoms with Gasteiger partial charge in [0.1, 0.15) is 0 Å². The normalized spacial score (nSPS) is 10.8. The lowest BCUT2D eigenvalue weighted by Gasteiger charge is -2.11. The van der Waals surface area contributed by atoms with Crippen molar-refractivity contribution in [2.24, 2.45) is 0 Å². The molecule has 0 aliphatic carbocycles. The molecule has 4 rings (SSSR count). The first-order valence-electron chi connectivity index (χ1n) is 10.6. The first-order valence-corrected chi connectivity index (χ1v) is 11.6. The topological polar surface area (TPSA) is 103 Å². The Hall–Kier alpha value is -3.98. The number of thioether (sulfide) groups is 1. The lowest BCUT2D eigenvalue weighted by molar-refractivity contribution is -0.384. The second-order valence-electron chi connectivity index (χ2n) is 7.84. The maximum atomic E-state index is 12.6. The number of carbonyl (C=O) groups is 1. The van der Waals surface area contributed by atoms with E-state index in [1.54, 1.807) is 12.1 Å². The lowest BCUT2D eigenvalue weighted by atomic mass is 10.1. The minimum Gasteiger partial charge on any atom is -0.325 e. The molecule has 0 saturated heterocycles. The zero-order valence-corrected chi connectivity index (χ0v) is 19.6. The largest absolute Gasteiger partial charge is 0.325 e. The van der Waals surface area contributed by atoms with Crippen LogP contribution in [0.5, 0.6) is 0 Å². The van der Waals surface area contributed by atoms with Crippen LogP contribution in [0.25, 0.3) is 11.4 Å². The SMILES string of the molecule is Cc1ccc(C)c(NC(=O)CSc2nnc(-c3ccc([N+](=O)[O-])cc3)n2Cc2ccccc2)c1. The smallest absolute Gasteiger partial charge is 0.269 e. The summed E-state index contributed by atoms with van der Waals surface area (Å²) in [4.78, 5) is 23.2. The highest BCUT2D eigenvalue weighted by molar-refractivity contribution is 7.99. The fourth-order valence-corrected chi connectivity index (χ4v) is 4.17. The number of hydrogen-bond donors (Lipinski definition) is 1. The van der Waals surface area contributed by atoms with Crippen LogP contribution < -0.4 is 5.32 Å². The fraction of sp³-hybridized carbons (Fsp3) is 0.160. The number of non-ortho nitro benzene ring substituents is 1. The summed E-state index contributed by atoms with van der Waals surface area (Å²) in [6, 6.07) is 22.0. The Morgan fingerprint density at radius 2 is 1.76 bits per heavy atom. The van der Waals surface area contributed by atoms with Gasteiger partial charge in [-0.25, -0.2) is 0 Å². The molecule has 4 aromatic rings. The van der Waals surface area contributed by atoms with E-state index in [9.17, 15) is 14.9 Å². The van der Waals surface area contributed by atoms with Gasteiger partial charge in [-0.2, -0.15) is 0 Å². The van der Waals surface area contributed by atoms with Gasteiger partial charge in [0.05, 0.1) is 17.2 Å². The summed E-state index contributed by atoms with van der Waals surface area (Å²) in [6.07, 6.45) is 0. The highest BCUT2D eigenvalue weighted by Crippen LogP contribution is 2.27. The Bertz CT molecular complexity index is 1320. The summed E-state index contributed by atoms with van der Waals surface area (Å²) in [5, 5.41) is 23.2. The molecule has 0 saturated carbocycles. The minimum absolute atomic E-state index is 0.00980. The molecule has 0 fully saturated rings. The average Bonchev–Trinajstić information content (AvgIpc) is 3.23. The van der Waals surface area contributed by atoms with Crippen molar-refractivity contribution in [3.8, 4) is 11.4 Å². The summed E-state index contributed by atoms with van der Waals surface area (Å²) in [7, 11) is 0. The first kappa shape index (κ1) is 23.2. The van der Waals surface area contributed by atoms with E-state index < -0.39 is 4.92 Å². The predicted molar refractivity (Wildman–Crippen MR) is 133 cm³/mol. The molecule has 34 heavy (non-hydrogen) atoms. The molecule has 0 spiro atoms. The van der Waals surface area contributed by atoms with E-state index in [1.165, 1.54) is 23.9 Å². The Morgan fingerprint density at radius 1 is 1.03 bits per heavy atom. The second-order valence-corrected chi connectivity index (χ2v) is 8.78.